The van der Waals surface area contributed by atoms with E-state index in [2.05, 4.69) is 16.6 Å². The van der Waals surface area contributed by atoms with Crippen molar-refractivity contribution in [1.29, 1.82) is 0 Å². The van der Waals surface area contributed by atoms with E-state index in [9.17, 15) is 35.9 Å². The van der Waals surface area contributed by atoms with Crippen molar-refractivity contribution < 1.29 is 35.9 Å². The summed E-state index contributed by atoms with van der Waals surface area (Å²) in [5.74, 6) is -2.35. The third-order valence-electron chi connectivity index (χ3n) is 5.50. The Labute approximate surface area is 181 Å². The summed E-state index contributed by atoms with van der Waals surface area (Å²) in [6, 6.07) is 2.02. The molecule has 1 aliphatic rings. The molecule has 12 heteroatoms. The van der Waals surface area contributed by atoms with Crippen molar-refractivity contribution >= 4 is 21.6 Å². The van der Waals surface area contributed by atoms with Crippen molar-refractivity contribution in [2.24, 2.45) is 7.05 Å². The number of aromatic nitrogens is 1. The predicted molar refractivity (Wildman–Crippen MR) is 108 cm³/mol. The first kappa shape index (κ1) is 24.0. The van der Waals surface area contributed by atoms with Gasteiger partial charge in [0.1, 0.15) is 16.4 Å². The van der Waals surface area contributed by atoms with Crippen LogP contribution in [-0.4, -0.2) is 36.1 Å². The average molecular weight is 475 g/mol. The number of halogens is 4. The molecule has 1 aromatic carbocycles. The molecule has 7 nitrogen and oxygen atoms in total. The summed E-state index contributed by atoms with van der Waals surface area (Å²) in [4.78, 5) is 12.7. The Bertz CT molecular complexity index is 1200. The minimum absolute atomic E-state index is 0.0653. The second kappa shape index (κ2) is 8.01. The molecule has 1 aliphatic heterocycles. The zero-order valence-corrected chi connectivity index (χ0v) is 18.0. The average Bonchev–Trinajstić information content (AvgIpc) is 2.97. The van der Waals surface area contributed by atoms with Crippen molar-refractivity contribution in [1.82, 2.24) is 9.29 Å². The van der Waals surface area contributed by atoms with Gasteiger partial charge in [0.15, 0.2) is 0 Å². The SMILES string of the molecule is C=C(C)[C@@]1(CO)CCc2c(cn(C)c2C(=O)Nc2ccc(F)c(C(F)(F)F)c2)S(=O)(=O)N1. The first-order valence-electron chi connectivity index (χ1n) is 9.39. The van der Waals surface area contributed by atoms with Gasteiger partial charge in [-0.05, 0) is 38.0 Å². The van der Waals surface area contributed by atoms with E-state index >= 15 is 0 Å². The molecule has 0 saturated heterocycles. The van der Waals surface area contributed by atoms with E-state index in [1.807, 2.05) is 0 Å². The number of aryl methyl sites for hydroxylation is 1. The first-order chi connectivity index (χ1) is 14.7. The number of nitrogens with zero attached hydrogens (tertiary/aromatic N) is 1. The molecule has 0 aliphatic carbocycles. The van der Waals surface area contributed by atoms with Gasteiger partial charge in [0.05, 0.1) is 17.7 Å². The van der Waals surface area contributed by atoms with Crippen LogP contribution in [-0.2, 0) is 29.7 Å². The molecule has 2 heterocycles. The smallest absolute Gasteiger partial charge is 0.394 e. The third-order valence-corrected chi connectivity index (χ3v) is 7.09. The fraction of sp³-hybridized carbons (Fsp3) is 0.350. The lowest BCUT2D eigenvalue weighted by Gasteiger charge is -2.31. The van der Waals surface area contributed by atoms with E-state index in [0.717, 1.165) is 6.07 Å². The van der Waals surface area contributed by atoms with Crippen molar-refractivity contribution in [3.8, 4) is 0 Å². The van der Waals surface area contributed by atoms with Gasteiger partial charge in [-0.25, -0.2) is 12.8 Å². The zero-order chi connectivity index (χ0) is 24.1. The maximum Gasteiger partial charge on any atom is 0.419 e. The van der Waals surface area contributed by atoms with Crippen molar-refractivity contribution in [2.75, 3.05) is 11.9 Å². The van der Waals surface area contributed by atoms with Crippen LogP contribution in [0.25, 0.3) is 0 Å². The highest BCUT2D eigenvalue weighted by Gasteiger charge is 2.41. The third kappa shape index (κ3) is 4.17. The molecule has 0 saturated carbocycles. The van der Waals surface area contributed by atoms with Crippen LogP contribution in [0, 0.1) is 5.82 Å². The Hall–Kier alpha value is -2.70. The van der Waals surface area contributed by atoms with Crippen LogP contribution in [0.1, 0.15) is 35.0 Å². The van der Waals surface area contributed by atoms with E-state index < -0.39 is 45.6 Å². The lowest BCUT2D eigenvalue weighted by atomic mass is 9.87. The molecule has 1 atom stereocenters. The van der Waals surface area contributed by atoms with Gasteiger partial charge < -0.3 is 15.0 Å². The van der Waals surface area contributed by atoms with Crippen molar-refractivity contribution in [2.45, 2.75) is 36.4 Å². The lowest BCUT2D eigenvalue weighted by molar-refractivity contribution is -0.139. The maximum atomic E-state index is 13.5. The van der Waals surface area contributed by atoms with Crippen LogP contribution in [0.5, 0.6) is 0 Å². The molecule has 0 fully saturated rings. The van der Waals surface area contributed by atoms with Gasteiger partial charge in [-0.3, -0.25) is 4.79 Å². The molecule has 0 bridgehead atoms. The summed E-state index contributed by atoms with van der Waals surface area (Å²) in [5, 5.41) is 12.1. The van der Waals surface area contributed by atoms with Crippen LogP contribution in [0.3, 0.4) is 0 Å². The molecule has 1 aromatic heterocycles. The Balaban J connectivity index is 2.02. The molecule has 0 spiro atoms. The van der Waals surface area contributed by atoms with E-state index in [1.54, 1.807) is 6.92 Å². The molecule has 1 amide bonds. The van der Waals surface area contributed by atoms with Gasteiger partial charge in [-0.15, -0.1) is 0 Å². The maximum absolute atomic E-state index is 13.5. The second-order valence-electron chi connectivity index (χ2n) is 7.70. The second-order valence-corrected chi connectivity index (χ2v) is 9.35. The quantitative estimate of drug-likeness (QED) is 0.468. The Morgan fingerprint density at radius 3 is 2.59 bits per heavy atom. The number of fused-ring (bicyclic) bond motifs is 1. The van der Waals surface area contributed by atoms with Crippen LogP contribution >= 0.6 is 0 Å². The highest BCUT2D eigenvalue weighted by molar-refractivity contribution is 7.89. The molecule has 0 radical (unpaired) electrons. The molecule has 3 rings (SSSR count). The van der Waals surface area contributed by atoms with Gasteiger partial charge in [0, 0.05) is 24.5 Å². The number of carbonyl (C=O) groups is 1. The van der Waals surface area contributed by atoms with E-state index in [-0.39, 0.29) is 34.7 Å². The first-order valence-corrected chi connectivity index (χ1v) is 10.9. The zero-order valence-electron chi connectivity index (χ0n) is 17.2. The number of anilines is 1. The number of nitrogens with one attached hydrogen (secondary N) is 2. The van der Waals surface area contributed by atoms with Crippen LogP contribution < -0.4 is 10.0 Å². The van der Waals surface area contributed by atoms with Gasteiger partial charge >= 0.3 is 6.18 Å². The number of aliphatic hydroxyl groups is 1. The summed E-state index contributed by atoms with van der Waals surface area (Å²) in [5.41, 5.74) is -2.72. The number of carbonyl (C=O) groups excluding carboxylic acids is 1. The molecule has 2 aromatic rings. The lowest BCUT2D eigenvalue weighted by Crippen LogP contribution is -2.51. The number of sulfonamides is 1. The fourth-order valence-corrected chi connectivity index (χ4v) is 5.46. The summed E-state index contributed by atoms with van der Waals surface area (Å²) >= 11 is 0. The van der Waals surface area contributed by atoms with Gasteiger partial charge in [-0.1, -0.05) is 12.2 Å². The molecule has 0 unspecified atom stereocenters. The van der Waals surface area contributed by atoms with E-state index in [4.69, 9.17) is 0 Å². The highest BCUT2D eigenvalue weighted by atomic mass is 32.2. The summed E-state index contributed by atoms with van der Waals surface area (Å²) in [6.45, 7) is 4.77. The van der Waals surface area contributed by atoms with Gasteiger partial charge in [0.2, 0.25) is 10.0 Å². The summed E-state index contributed by atoms with van der Waals surface area (Å²) in [6.07, 6.45) is -3.58. The normalized spacial score (nSPS) is 20.3. The molecular formula is C20H21F4N3O4S. The molecule has 3 N–H and O–H groups in total. The molecule has 32 heavy (non-hydrogen) atoms. The fourth-order valence-electron chi connectivity index (χ4n) is 3.68. The minimum atomic E-state index is -4.96. The van der Waals surface area contributed by atoms with E-state index in [1.165, 1.54) is 17.8 Å². The molecular weight excluding hydrogens is 454 g/mol. The number of amides is 1. The number of benzene rings is 1. The number of hydrogen-bond donors (Lipinski definition) is 3. The predicted octanol–water partition coefficient (Wildman–Crippen LogP) is 2.97. The van der Waals surface area contributed by atoms with Crippen molar-refractivity contribution in [3.05, 3.63) is 59.2 Å². The largest absolute Gasteiger partial charge is 0.419 e. The Kier molecular flexibility index (Phi) is 6.00. The van der Waals surface area contributed by atoms with E-state index in [0.29, 0.717) is 17.7 Å². The number of alkyl halides is 3. The van der Waals surface area contributed by atoms with Crippen molar-refractivity contribution in [3.63, 3.8) is 0 Å². The number of aliphatic hydroxyl groups excluding tert-OH is 1. The minimum Gasteiger partial charge on any atom is -0.394 e. The van der Waals surface area contributed by atoms with Crippen LogP contribution in [0.15, 0.2) is 41.4 Å². The Morgan fingerprint density at radius 2 is 2.03 bits per heavy atom. The topological polar surface area (TPSA) is 100 Å². The summed E-state index contributed by atoms with van der Waals surface area (Å²) in [7, 11) is -2.73. The standard InChI is InChI=1S/C20H21F4N3O4S/c1-11(2)19(10-28)7-6-13-16(32(30,31)26-19)9-27(3)17(13)18(29)25-12-4-5-15(21)14(8-12)20(22,23)24/h4-5,8-9,26,28H,1,6-7,10H2,2-3H3,(H,25,29)/t19-/m0/s1. The van der Waals surface area contributed by atoms with Gasteiger partial charge in [-0.2, -0.15) is 17.9 Å². The molecule has 174 valence electrons. The Morgan fingerprint density at radius 1 is 1.38 bits per heavy atom. The van der Waals surface area contributed by atoms with Gasteiger partial charge in [0.25, 0.3) is 5.91 Å². The number of rotatable bonds is 4. The van der Waals surface area contributed by atoms with Crippen LogP contribution in [0.2, 0.25) is 0 Å². The highest BCUT2D eigenvalue weighted by Crippen LogP contribution is 2.35. The monoisotopic (exact) mass is 475 g/mol. The summed E-state index contributed by atoms with van der Waals surface area (Å²) < 4.78 is 82.0. The number of hydrogen-bond acceptors (Lipinski definition) is 4. The van der Waals surface area contributed by atoms with Crippen LogP contribution in [0.4, 0.5) is 23.2 Å².